The smallest absolute Gasteiger partial charge is 0.338 e. The van der Waals surface area contributed by atoms with Gasteiger partial charge in [0.05, 0.1) is 17.1 Å². The lowest BCUT2D eigenvalue weighted by atomic mass is 10.2. The zero-order chi connectivity index (χ0) is 12.9. The van der Waals surface area contributed by atoms with Gasteiger partial charge in [0.15, 0.2) is 0 Å². The molecule has 1 aromatic rings. The minimum Gasteiger partial charge on any atom is -0.462 e. The van der Waals surface area contributed by atoms with E-state index in [1.807, 2.05) is 6.92 Å². The molecule has 0 aliphatic heterocycles. The van der Waals surface area contributed by atoms with Crippen molar-refractivity contribution < 1.29 is 17.9 Å². The molecule has 0 atom stereocenters. The summed E-state index contributed by atoms with van der Waals surface area (Å²) in [6.07, 6.45) is 1.70. The second-order valence-electron chi connectivity index (χ2n) is 3.46. The van der Waals surface area contributed by atoms with E-state index >= 15 is 0 Å². The van der Waals surface area contributed by atoms with Crippen LogP contribution >= 0.6 is 10.7 Å². The topological polar surface area (TPSA) is 60.4 Å². The lowest BCUT2D eigenvalue weighted by Gasteiger charge is -2.04. The van der Waals surface area contributed by atoms with Crippen molar-refractivity contribution in [1.29, 1.82) is 0 Å². The minimum atomic E-state index is -3.82. The SMILES string of the molecule is CCCCOC(=O)c1cccc(S(=O)(=O)Cl)c1. The van der Waals surface area contributed by atoms with Crippen molar-refractivity contribution in [2.45, 2.75) is 24.7 Å². The van der Waals surface area contributed by atoms with Crippen LogP contribution in [0.3, 0.4) is 0 Å². The highest BCUT2D eigenvalue weighted by Crippen LogP contribution is 2.16. The molecule has 0 heterocycles. The summed E-state index contributed by atoms with van der Waals surface area (Å²) in [4.78, 5) is 11.4. The molecular formula is C11H13ClO4S. The van der Waals surface area contributed by atoms with Crippen LogP contribution < -0.4 is 0 Å². The molecule has 0 unspecified atom stereocenters. The number of carbonyl (C=O) groups excluding carboxylic acids is 1. The molecule has 0 bridgehead atoms. The summed E-state index contributed by atoms with van der Waals surface area (Å²) in [5.41, 5.74) is 0.183. The van der Waals surface area contributed by atoms with Crippen LogP contribution in [-0.2, 0) is 13.8 Å². The summed E-state index contributed by atoms with van der Waals surface area (Å²) in [7, 11) is 1.36. The first-order valence-corrected chi connectivity index (χ1v) is 7.48. The molecule has 4 nitrogen and oxygen atoms in total. The van der Waals surface area contributed by atoms with Gasteiger partial charge in [0.2, 0.25) is 0 Å². The Morgan fingerprint density at radius 1 is 1.41 bits per heavy atom. The number of rotatable bonds is 5. The number of unbranched alkanes of at least 4 members (excludes halogenated alkanes) is 1. The number of carbonyl (C=O) groups is 1. The Labute approximate surface area is 105 Å². The first-order chi connectivity index (χ1) is 7.95. The van der Waals surface area contributed by atoms with Gasteiger partial charge < -0.3 is 4.74 Å². The van der Waals surface area contributed by atoms with Crippen LogP contribution in [0.5, 0.6) is 0 Å². The Balaban J connectivity index is 2.82. The van der Waals surface area contributed by atoms with Gasteiger partial charge in [-0.25, -0.2) is 13.2 Å². The van der Waals surface area contributed by atoms with Gasteiger partial charge in [-0.2, -0.15) is 0 Å². The quantitative estimate of drug-likeness (QED) is 0.471. The summed E-state index contributed by atoms with van der Waals surface area (Å²) in [5.74, 6) is -0.541. The second-order valence-corrected chi connectivity index (χ2v) is 6.02. The molecule has 0 saturated carbocycles. The van der Waals surface area contributed by atoms with Crippen molar-refractivity contribution in [3.8, 4) is 0 Å². The van der Waals surface area contributed by atoms with E-state index in [0.717, 1.165) is 12.8 Å². The Morgan fingerprint density at radius 2 is 2.12 bits per heavy atom. The van der Waals surface area contributed by atoms with Crippen LogP contribution in [0.2, 0.25) is 0 Å². The molecule has 17 heavy (non-hydrogen) atoms. The Morgan fingerprint density at radius 3 is 2.71 bits per heavy atom. The molecule has 6 heteroatoms. The van der Waals surface area contributed by atoms with E-state index in [4.69, 9.17) is 15.4 Å². The van der Waals surface area contributed by atoms with Crippen LogP contribution in [0.25, 0.3) is 0 Å². The highest BCUT2D eigenvalue weighted by molar-refractivity contribution is 8.13. The fraction of sp³-hybridized carbons (Fsp3) is 0.364. The van der Waals surface area contributed by atoms with Crippen molar-refractivity contribution >= 4 is 25.7 Å². The van der Waals surface area contributed by atoms with Crippen LogP contribution in [0.1, 0.15) is 30.1 Å². The number of ether oxygens (including phenoxy) is 1. The molecule has 0 N–H and O–H groups in total. The van der Waals surface area contributed by atoms with E-state index in [1.54, 1.807) is 0 Å². The van der Waals surface area contributed by atoms with Gasteiger partial charge in [-0.1, -0.05) is 19.4 Å². The number of hydrogen-bond acceptors (Lipinski definition) is 4. The lowest BCUT2D eigenvalue weighted by Crippen LogP contribution is -2.07. The maximum atomic E-state index is 11.5. The lowest BCUT2D eigenvalue weighted by molar-refractivity contribution is 0.0499. The van der Waals surface area contributed by atoms with Crippen molar-refractivity contribution in [1.82, 2.24) is 0 Å². The van der Waals surface area contributed by atoms with Crippen molar-refractivity contribution in [3.05, 3.63) is 29.8 Å². The molecule has 0 amide bonds. The Kier molecular flexibility index (Phi) is 4.96. The van der Waals surface area contributed by atoms with Crippen LogP contribution in [-0.4, -0.2) is 21.0 Å². The van der Waals surface area contributed by atoms with Gasteiger partial charge in [0.25, 0.3) is 9.05 Å². The highest BCUT2D eigenvalue weighted by atomic mass is 35.7. The Bertz CT molecular complexity index is 496. The number of halogens is 1. The predicted molar refractivity (Wildman–Crippen MR) is 64.7 cm³/mol. The number of esters is 1. The zero-order valence-electron chi connectivity index (χ0n) is 9.35. The van der Waals surface area contributed by atoms with Gasteiger partial charge >= 0.3 is 5.97 Å². The third-order valence-electron chi connectivity index (χ3n) is 2.08. The van der Waals surface area contributed by atoms with E-state index in [9.17, 15) is 13.2 Å². The van der Waals surface area contributed by atoms with Gasteiger partial charge in [-0.15, -0.1) is 0 Å². The monoisotopic (exact) mass is 276 g/mol. The molecule has 0 saturated heterocycles. The van der Waals surface area contributed by atoms with Crippen LogP contribution in [0, 0.1) is 0 Å². The molecule has 0 aliphatic carbocycles. The van der Waals surface area contributed by atoms with Crippen LogP contribution in [0.4, 0.5) is 0 Å². The number of benzene rings is 1. The first kappa shape index (κ1) is 14.0. The fourth-order valence-electron chi connectivity index (χ4n) is 1.17. The van der Waals surface area contributed by atoms with Crippen molar-refractivity contribution in [3.63, 3.8) is 0 Å². The highest BCUT2D eigenvalue weighted by Gasteiger charge is 2.13. The zero-order valence-corrected chi connectivity index (χ0v) is 10.9. The number of hydrogen-bond donors (Lipinski definition) is 0. The molecule has 1 aromatic carbocycles. The molecule has 0 fully saturated rings. The predicted octanol–water partition coefficient (Wildman–Crippen LogP) is 2.57. The van der Waals surface area contributed by atoms with E-state index in [0.29, 0.717) is 6.61 Å². The van der Waals surface area contributed by atoms with Crippen molar-refractivity contribution in [2.24, 2.45) is 0 Å². The average Bonchev–Trinajstić information content (AvgIpc) is 2.28. The summed E-state index contributed by atoms with van der Waals surface area (Å²) < 4.78 is 27.1. The maximum absolute atomic E-state index is 11.5. The van der Waals surface area contributed by atoms with E-state index in [2.05, 4.69) is 0 Å². The van der Waals surface area contributed by atoms with Gasteiger partial charge in [-0.05, 0) is 24.6 Å². The molecule has 1 rings (SSSR count). The van der Waals surface area contributed by atoms with Crippen molar-refractivity contribution in [2.75, 3.05) is 6.61 Å². The summed E-state index contributed by atoms with van der Waals surface area (Å²) in [6.45, 7) is 2.31. The van der Waals surface area contributed by atoms with E-state index < -0.39 is 15.0 Å². The molecule has 0 aromatic heterocycles. The average molecular weight is 277 g/mol. The summed E-state index contributed by atoms with van der Waals surface area (Å²) in [5, 5.41) is 0. The fourth-order valence-corrected chi connectivity index (χ4v) is 1.96. The normalized spacial score (nSPS) is 11.2. The minimum absolute atomic E-state index is 0.107. The largest absolute Gasteiger partial charge is 0.462 e. The van der Waals surface area contributed by atoms with E-state index in [-0.39, 0.29) is 10.5 Å². The van der Waals surface area contributed by atoms with Crippen LogP contribution in [0.15, 0.2) is 29.2 Å². The molecular weight excluding hydrogens is 264 g/mol. The van der Waals surface area contributed by atoms with Gasteiger partial charge in [-0.3, -0.25) is 0 Å². The van der Waals surface area contributed by atoms with E-state index in [1.165, 1.54) is 24.3 Å². The molecule has 0 aliphatic rings. The van der Waals surface area contributed by atoms with Gasteiger partial charge in [0.1, 0.15) is 0 Å². The van der Waals surface area contributed by atoms with Gasteiger partial charge in [0, 0.05) is 10.7 Å². The maximum Gasteiger partial charge on any atom is 0.338 e. The third-order valence-corrected chi connectivity index (χ3v) is 3.43. The molecule has 0 spiro atoms. The second kappa shape index (κ2) is 6.02. The third kappa shape index (κ3) is 4.36. The molecule has 0 radical (unpaired) electrons. The standard InChI is InChI=1S/C11H13ClO4S/c1-2-3-7-16-11(13)9-5-4-6-10(8-9)17(12,14)15/h4-6,8H,2-3,7H2,1H3. The molecule has 94 valence electrons. The first-order valence-electron chi connectivity index (χ1n) is 5.17. The Hall–Kier alpha value is -1.07. The summed E-state index contributed by atoms with van der Waals surface area (Å²) >= 11 is 0. The summed E-state index contributed by atoms with van der Waals surface area (Å²) in [6, 6.07) is 5.47.